The number of carbonyl (C=O) groups excluding carboxylic acids is 1. The molecule has 3 aromatic rings. The van der Waals surface area contributed by atoms with Gasteiger partial charge in [0.25, 0.3) is 0 Å². The van der Waals surface area contributed by atoms with Crippen molar-refractivity contribution in [2.24, 2.45) is 7.05 Å². The second-order valence-corrected chi connectivity index (χ2v) is 8.98. The van der Waals surface area contributed by atoms with E-state index in [0.717, 1.165) is 13.0 Å². The van der Waals surface area contributed by atoms with E-state index in [9.17, 15) is 4.79 Å². The topological polar surface area (TPSA) is 60.3 Å². The summed E-state index contributed by atoms with van der Waals surface area (Å²) in [5.41, 5.74) is 2.56. The van der Waals surface area contributed by atoms with E-state index >= 15 is 0 Å². The van der Waals surface area contributed by atoms with Gasteiger partial charge in [0, 0.05) is 25.2 Å². The molecule has 0 N–H and O–H groups in total. The first-order chi connectivity index (χ1) is 14.5. The third kappa shape index (κ3) is 4.63. The Hall–Kier alpha value is -2.51. The Balaban J connectivity index is 1.36. The van der Waals surface area contributed by atoms with Gasteiger partial charge in [0.05, 0.1) is 5.25 Å². The average Bonchev–Trinajstić information content (AvgIpc) is 3.11. The molecule has 0 saturated carbocycles. The molecule has 0 saturated heterocycles. The van der Waals surface area contributed by atoms with Crippen molar-refractivity contribution >= 4 is 29.3 Å². The number of rotatable bonds is 6. The number of aromatic nitrogens is 3. The highest BCUT2D eigenvalue weighted by Gasteiger charge is 2.26. The molecule has 2 heterocycles. The average molecular weight is 443 g/mol. The monoisotopic (exact) mass is 442 g/mol. The Morgan fingerprint density at radius 3 is 2.67 bits per heavy atom. The highest BCUT2D eigenvalue weighted by Crippen LogP contribution is 2.26. The van der Waals surface area contributed by atoms with Gasteiger partial charge >= 0.3 is 0 Å². The van der Waals surface area contributed by atoms with Crippen molar-refractivity contribution in [3.63, 3.8) is 0 Å². The lowest BCUT2D eigenvalue weighted by atomic mass is 10.00. The zero-order valence-corrected chi connectivity index (χ0v) is 18.5. The van der Waals surface area contributed by atoms with Gasteiger partial charge in [-0.15, -0.1) is 10.2 Å². The molecule has 6 nitrogen and oxygen atoms in total. The molecule has 4 rings (SSSR count). The van der Waals surface area contributed by atoms with Gasteiger partial charge in [-0.1, -0.05) is 47.6 Å². The van der Waals surface area contributed by atoms with Crippen molar-refractivity contribution in [1.29, 1.82) is 0 Å². The van der Waals surface area contributed by atoms with Crippen molar-refractivity contribution in [3.05, 3.63) is 70.5 Å². The van der Waals surface area contributed by atoms with Crippen LogP contribution in [0.1, 0.15) is 23.9 Å². The lowest BCUT2D eigenvalue weighted by Gasteiger charge is -2.30. The number of ether oxygens (including phenoxy) is 1. The molecule has 2 aromatic carbocycles. The maximum Gasteiger partial charge on any atom is 0.236 e. The fourth-order valence-electron chi connectivity index (χ4n) is 3.40. The van der Waals surface area contributed by atoms with Crippen molar-refractivity contribution < 1.29 is 9.53 Å². The molecule has 1 aromatic heterocycles. The summed E-state index contributed by atoms with van der Waals surface area (Å²) in [7, 11) is 1.89. The number of hydrogen-bond acceptors (Lipinski definition) is 5. The van der Waals surface area contributed by atoms with E-state index in [0.29, 0.717) is 28.3 Å². The van der Waals surface area contributed by atoms with Gasteiger partial charge < -0.3 is 14.2 Å². The van der Waals surface area contributed by atoms with Crippen LogP contribution in [0.5, 0.6) is 5.75 Å². The molecular formula is C22H23ClN4O2S. The standard InChI is InChI=1S/C22H23ClN4O2S/c1-15(21(28)27-12-11-16-5-3-4-6-17(16)13-27)30-22-25-24-20(26(22)2)14-29-19-9-7-18(23)8-10-19/h3-10,15H,11-14H2,1-2H3. The van der Waals surface area contributed by atoms with Gasteiger partial charge in [0.1, 0.15) is 12.4 Å². The van der Waals surface area contributed by atoms with E-state index < -0.39 is 0 Å². The lowest BCUT2D eigenvalue weighted by molar-refractivity contribution is -0.131. The van der Waals surface area contributed by atoms with E-state index in [2.05, 4.69) is 28.4 Å². The molecule has 0 fully saturated rings. The maximum atomic E-state index is 13.0. The molecule has 30 heavy (non-hydrogen) atoms. The molecule has 1 atom stereocenters. The van der Waals surface area contributed by atoms with Crippen molar-refractivity contribution in [1.82, 2.24) is 19.7 Å². The summed E-state index contributed by atoms with van der Waals surface area (Å²) in [6.07, 6.45) is 0.898. The SMILES string of the molecule is CC(Sc1nnc(COc2ccc(Cl)cc2)n1C)C(=O)N1CCc2ccccc2C1. The molecular weight excluding hydrogens is 420 g/mol. The van der Waals surface area contributed by atoms with Gasteiger partial charge in [-0.05, 0) is 48.7 Å². The summed E-state index contributed by atoms with van der Waals surface area (Å²) in [6, 6.07) is 15.5. The van der Waals surface area contributed by atoms with Gasteiger partial charge in [0.2, 0.25) is 5.91 Å². The van der Waals surface area contributed by atoms with Crippen LogP contribution in [0.25, 0.3) is 0 Å². The zero-order chi connectivity index (χ0) is 21.1. The van der Waals surface area contributed by atoms with E-state index in [1.807, 2.05) is 41.6 Å². The summed E-state index contributed by atoms with van der Waals surface area (Å²) >= 11 is 7.32. The largest absolute Gasteiger partial charge is 0.486 e. The summed E-state index contributed by atoms with van der Waals surface area (Å²) in [5, 5.41) is 9.58. The molecule has 156 valence electrons. The lowest BCUT2D eigenvalue weighted by Crippen LogP contribution is -2.40. The number of amides is 1. The van der Waals surface area contributed by atoms with Crippen LogP contribution < -0.4 is 4.74 Å². The Labute approximate surface area is 185 Å². The minimum Gasteiger partial charge on any atom is -0.486 e. The Bertz CT molecular complexity index is 1040. The maximum absolute atomic E-state index is 13.0. The van der Waals surface area contributed by atoms with Crippen LogP contribution in [0.2, 0.25) is 5.02 Å². The molecule has 1 amide bonds. The van der Waals surface area contributed by atoms with E-state index in [-0.39, 0.29) is 17.8 Å². The molecule has 1 aliphatic rings. The third-order valence-electron chi connectivity index (χ3n) is 5.18. The number of hydrogen-bond donors (Lipinski definition) is 0. The van der Waals surface area contributed by atoms with E-state index in [1.165, 1.54) is 22.9 Å². The van der Waals surface area contributed by atoms with Gasteiger partial charge in [0.15, 0.2) is 11.0 Å². The quantitative estimate of drug-likeness (QED) is 0.537. The number of benzene rings is 2. The fourth-order valence-corrected chi connectivity index (χ4v) is 4.45. The van der Waals surface area contributed by atoms with Crippen LogP contribution in [-0.4, -0.2) is 37.4 Å². The molecule has 8 heteroatoms. The molecule has 1 unspecified atom stereocenters. The predicted octanol–water partition coefficient (Wildman–Crippen LogP) is 4.11. The minimum atomic E-state index is -0.247. The Morgan fingerprint density at radius 2 is 1.90 bits per heavy atom. The molecule has 0 bridgehead atoms. The van der Waals surface area contributed by atoms with Crippen molar-refractivity contribution in [3.8, 4) is 5.75 Å². The summed E-state index contributed by atoms with van der Waals surface area (Å²) in [6.45, 7) is 3.63. The number of thioether (sulfide) groups is 1. The highest BCUT2D eigenvalue weighted by molar-refractivity contribution is 8.00. The molecule has 0 aliphatic carbocycles. The first kappa shape index (κ1) is 20.8. The summed E-state index contributed by atoms with van der Waals surface area (Å²) in [4.78, 5) is 14.9. The van der Waals surface area contributed by atoms with Crippen molar-refractivity contribution in [2.75, 3.05) is 6.54 Å². The predicted molar refractivity (Wildman–Crippen MR) is 118 cm³/mol. The summed E-state index contributed by atoms with van der Waals surface area (Å²) in [5.74, 6) is 1.53. The molecule has 0 radical (unpaired) electrons. The van der Waals surface area contributed by atoms with Crippen LogP contribution in [-0.2, 0) is 31.4 Å². The van der Waals surface area contributed by atoms with Crippen molar-refractivity contribution in [2.45, 2.75) is 36.9 Å². The zero-order valence-electron chi connectivity index (χ0n) is 16.9. The van der Waals surface area contributed by atoms with E-state index in [1.54, 1.807) is 12.1 Å². The molecule has 1 aliphatic heterocycles. The van der Waals surface area contributed by atoms with E-state index in [4.69, 9.17) is 16.3 Å². The van der Waals surface area contributed by atoms with Crippen LogP contribution in [0, 0.1) is 0 Å². The Morgan fingerprint density at radius 1 is 1.17 bits per heavy atom. The third-order valence-corrected chi connectivity index (χ3v) is 6.55. The molecule has 0 spiro atoms. The minimum absolute atomic E-state index is 0.122. The second kappa shape index (κ2) is 9.10. The van der Waals surface area contributed by atoms with Crippen LogP contribution in [0.4, 0.5) is 0 Å². The second-order valence-electron chi connectivity index (χ2n) is 7.24. The first-order valence-corrected chi connectivity index (χ1v) is 11.1. The number of fused-ring (bicyclic) bond motifs is 1. The summed E-state index contributed by atoms with van der Waals surface area (Å²) < 4.78 is 7.63. The highest BCUT2D eigenvalue weighted by atomic mass is 35.5. The van der Waals surface area contributed by atoms with Gasteiger partial charge in [-0.3, -0.25) is 4.79 Å². The van der Waals surface area contributed by atoms with Gasteiger partial charge in [-0.25, -0.2) is 0 Å². The number of nitrogens with zero attached hydrogens (tertiary/aromatic N) is 4. The smallest absolute Gasteiger partial charge is 0.236 e. The van der Waals surface area contributed by atoms with Gasteiger partial charge in [-0.2, -0.15) is 0 Å². The normalized spacial score (nSPS) is 14.3. The number of carbonyl (C=O) groups is 1. The van der Waals surface area contributed by atoms with Crippen LogP contribution in [0.3, 0.4) is 0 Å². The number of halogens is 1. The van der Waals surface area contributed by atoms with Crippen LogP contribution in [0.15, 0.2) is 53.7 Å². The van der Waals surface area contributed by atoms with Crippen LogP contribution >= 0.6 is 23.4 Å². The Kier molecular flexibility index (Phi) is 6.29. The first-order valence-electron chi connectivity index (χ1n) is 9.80. The fraction of sp³-hybridized carbons (Fsp3) is 0.318.